The van der Waals surface area contributed by atoms with E-state index in [0.717, 1.165) is 23.7 Å². The number of benzene rings is 1. The molecule has 0 saturated carbocycles. The molecule has 3 rings (SSSR count). The van der Waals surface area contributed by atoms with Crippen LogP contribution in [0.25, 0.3) is 6.08 Å². The van der Waals surface area contributed by atoms with Crippen molar-refractivity contribution in [1.29, 1.82) is 0 Å². The molecule has 0 spiro atoms. The first-order valence-corrected chi connectivity index (χ1v) is 6.42. The second-order valence-electron chi connectivity index (χ2n) is 4.66. The van der Waals surface area contributed by atoms with Crippen molar-refractivity contribution in [2.75, 3.05) is 11.4 Å². The molecule has 0 saturated heterocycles. The normalized spacial score (nSPS) is 13.7. The molecule has 0 fully saturated rings. The molecular weight excluding hydrogens is 273 g/mol. The maximum absolute atomic E-state index is 13.4. The molecule has 0 radical (unpaired) electrons. The first-order chi connectivity index (χ1) is 10.1. The molecule has 1 aliphatic heterocycles. The Morgan fingerprint density at radius 2 is 2.10 bits per heavy atom. The number of hydrogen-bond donors (Lipinski definition) is 1. The van der Waals surface area contributed by atoms with Crippen LogP contribution in [0, 0.1) is 5.82 Å². The largest absolute Gasteiger partial charge is 0.478 e. The van der Waals surface area contributed by atoms with Gasteiger partial charge >= 0.3 is 5.97 Å². The smallest absolute Gasteiger partial charge is 0.328 e. The minimum absolute atomic E-state index is 0.290. The van der Waals surface area contributed by atoms with Crippen LogP contribution in [-0.2, 0) is 11.2 Å². The highest BCUT2D eigenvalue weighted by molar-refractivity contribution is 5.85. The third-order valence-corrected chi connectivity index (χ3v) is 3.26. The highest BCUT2D eigenvalue weighted by Crippen LogP contribution is 2.32. The third-order valence-electron chi connectivity index (χ3n) is 3.26. The van der Waals surface area contributed by atoms with E-state index in [4.69, 9.17) is 5.11 Å². The molecular formula is C15H12FN3O2. The van der Waals surface area contributed by atoms with E-state index in [-0.39, 0.29) is 5.82 Å². The van der Waals surface area contributed by atoms with Crippen molar-refractivity contribution in [3.63, 3.8) is 0 Å². The Bertz CT molecular complexity index is 713. The molecule has 0 amide bonds. The van der Waals surface area contributed by atoms with Gasteiger partial charge in [0.25, 0.3) is 0 Å². The van der Waals surface area contributed by atoms with Crippen LogP contribution in [0.3, 0.4) is 0 Å². The lowest BCUT2D eigenvalue weighted by Gasteiger charge is -2.16. The van der Waals surface area contributed by atoms with Crippen molar-refractivity contribution in [1.82, 2.24) is 9.97 Å². The van der Waals surface area contributed by atoms with Crippen LogP contribution in [0.15, 0.2) is 36.7 Å². The zero-order valence-electron chi connectivity index (χ0n) is 11.0. The maximum Gasteiger partial charge on any atom is 0.328 e. The Balaban J connectivity index is 1.86. The number of aromatic nitrogens is 2. The second kappa shape index (κ2) is 5.32. The van der Waals surface area contributed by atoms with E-state index in [1.807, 2.05) is 4.90 Å². The molecule has 2 heterocycles. The molecule has 1 aliphatic rings. The summed E-state index contributed by atoms with van der Waals surface area (Å²) in [5.74, 6) is -0.837. The van der Waals surface area contributed by atoms with Crippen LogP contribution in [0.2, 0.25) is 0 Å². The van der Waals surface area contributed by atoms with Crippen molar-refractivity contribution >= 4 is 23.7 Å². The molecule has 2 aromatic rings. The van der Waals surface area contributed by atoms with Crippen molar-refractivity contribution < 1.29 is 14.3 Å². The molecule has 1 aromatic heterocycles. The minimum atomic E-state index is -1.02. The van der Waals surface area contributed by atoms with Crippen molar-refractivity contribution in [2.45, 2.75) is 6.42 Å². The Hall–Kier alpha value is -2.76. The lowest BCUT2D eigenvalue weighted by Crippen LogP contribution is -2.16. The van der Waals surface area contributed by atoms with E-state index in [1.54, 1.807) is 18.5 Å². The van der Waals surface area contributed by atoms with Gasteiger partial charge in [0.2, 0.25) is 5.95 Å². The minimum Gasteiger partial charge on any atom is -0.478 e. The first-order valence-electron chi connectivity index (χ1n) is 6.42. The van der Waals surface area contributed by atoms with Crippen LogP contribution >= 0.6 is 0 Å². The number of anilines is 2. The molecule has 5 nitrogen and oxygen atoms in total. The van der Waals surface area contributed by atoms with Gasteiger partial charge in [0, 0.05) is 30.6 Å². The Morgan fingerprint density at radius 3 is 2.81 bits per heavy atom. The average molecular weight is 285 g/mol. The van der Waals surface area contributed by atoms with Gasteiger partial charge in [-0.1, -0.05) is 6.07 Å². The summed E-state index contributed by atoms with van der Waals surface area (Å²) in [6, 6.07) is 4.70. The van der Waals surface area contributed by atoms with Crippen LogP contribution in [-0.4, -0.2) is 27.6 Å². The monoisotopic (exact) mass is 285 g/mol. The van der Waals surface area contributed by atoms with Crippen LogP contribution in [0.4, 0.5) is 16.0 Å². The quantitative estimate of drug-likeness (QED) is 0.877. The number of aliphatic carboxylic acids is 1. The van der Waals surface area contributed by atoms with E-state index < -0.39 is 5.97 Å². The first kappa shape index (κ1) is 13.2. The fraction of sp³-hybridized carbons (Fsp3) is 0.133. The van der Waals surface area contributed by atoms with Gasteiger partial charge in [-0.25, -0.2) is 19.2 Å². The van der Waals surface area contributed by atoms with Crippen LogP contribution in [0.1, 0.15) is 11.1 Å². The van der Waals surface area contributed by atoms with Gasteiger partial charge < -0.3 is 10.0 Å². The van der Waals surface area contributed by atoms with Crippen LogP contribution < -0.4 is 4.90 Å². The second-order valence-corrected chi connectivity index (χ2v) is 4.66. The van der Waals surface area contributed by atoms with Gasteiger partial charge in [-0.15, -0.1) is 0 Å². The van der Waals surface area contributed by atoms with Gasteiger partial charge in [0.05, 0.1) is 5.69 Å². The molecule has 21 heavy (non-hydrogen) atoms. The maximum atomic E-state index is 13.4. The van der Waals surface area contributed by atoms with Crippen molar-refractivity contribution in [3.05, 3.63) is 53.6 Å². The molecule has 106 valence electrons. The topological polar surface area (TPSA) is 66.3 Å². The zero-order valence-corrected chi connectivity index (χ0v) is 11.0. The summed E-state index contributed by atoms with van der Waals surface area (Å²) in [6.07, 6.45) is 6.35. The Labute approximate surface area is 120 Å². The van der Waals surface area contributed by atoms with Gasteiger partial charge in [-0.3, -0.25) is 0 Å². The van der Waals surface area contributed by atoms with Gasteiger partial charge in [0.15, 0.2) is 0 Å². The SMILES string of the molecule is O=C(O)/C=C/c1cnc(N2CCc3ccc(F)cc32)nc1. The number of carboxylic acids is 1. The average Bonchev–Trinajstić information content (AvgIpc) is 2.88. The molecule has 0 unspecified atom stereocenters. The fourth-order valence-electron chi connectivity index (χ4n) is 2.28. The predicted octanol–water partition coefficient (Wildman–Crippen LogP) is 2.41. The summed E-state index contributed by atoms with van der Waals surface area (Å²) < 4.78 is 13.4. The highest BCUT2D eigenvalue weighted by atomic mass is 19.1. The summed E-state index contributed by atoms with van der Waals surface area (Å²) in [5.41, 5.74) is 2.44. The third kappa shape index (κ3) is 2.74. The molecule has 1 aromatic carbocycles. The van der Waals surface area contributed by atoms with E-state index in [2.05, 4.69) is 9.97 Å². The number of fused-ring (bicyclic) bond motifs is 1. The highest BCUT2D eigenvalue weighted by Gasteiger charge is 2.22. The molecule has 0 atom stereocenters. The Kier molecular flexibility index (Phi) is 3.35. The van der Waals surface area contributed by atoms with Gasteiger partial charge in [0.1, 0.15) is 5.82 Å². The van der Waals surface area contributed by atoms with Crippen molar-refractivity contribution in [3.8, 4) is 0 Å². The van der Waals surface area contributed by atoms with Gasteiger partial charge in [-0.05, 0) is 30.2 Å². The molecule has 0 aliphatic carbocycles. The van der Waals surface area contributed by atoms with Crippen LogP contribution in [0.5, 0.6) is 0 Å². The summed E-state index contributed by atoms with van der Waals surface area (Å²) in [6.45, 7) is 0.698. The number of nitrogens with zero attached hydrogens (tertiary/aromatic N) is 3. The number of carbonyl (C=O) groups is 1. The molecule has 1 N–H and O–H groups in total. The van der Waals surface area contributed by atoms with E-state index in [1.165, 1.54) is 18.2 Å². The summed E-state index contributed by atoms with van der Waals surface area (Å²) >= 11 is 0. The van der Waals surface area contributed by atoms with Crippen molar-refractivity contribution in [2.24, 2.45) is 0 Å². The standard InChI is InChI=1S/C15H12FN3O2/c16-12-3-2-11-5-6-19(13(11)7-12)15-17-8-10(9-18-15)1-4-14(20)21/h1-4,7-9H,5-6H2,(H,20,21)/b4-1+. The lowest BCUT2D eigenvalue weighted by molar-refractivity contribution is -0.131. The predicted molar refractivity (Wildman–Crippen MR) is 75.8 cm³/mol. The Morgan fingerprint density at radius 1 is 1.33 bits per heavy atom. The number of hydrogen-bond acceptors (Lipinski definition) is 4. The summed E-state index contributed by atoms with van der Waals surface area (Å²) in [7, 11) is 0. The summed E-state index contributed by atoms with van der Waals surface area (Å²) in [5, 5.41) is 8.57. The number of halogens is 1. The fourth-order valence-corrected chi connectivity index (χ4v) is 2.28. The number of rotatable bonds is 3. The number of carboxylic acid groups (broad SMARTS) is 1. The lowest BCUT2D eigenvalue weighted by atomic mass is 10.2. The van der Waals surface area contributed by atoms with E-state index in [0.29, 0.717) is 18.1 Å². The zero-order chi connectivity index (χ0) is 14.8. The molecule has 6 heteroatoms. The van der Waals surface area contributed by atoms with Gasteiger partial charge in [-0.2, -0.15) is 0 Å². The molecule has 0 bridgehead atoms. The van der Waals surface area contributed by atoms with E-state index in [9.17, 15) is 9.18 Å². The summed E-state index contributed by atoms with van der Waals surface area (Å²) in [4.78, 5) is 20.7. The van der Waals surface area contributed by atoms with E-state index >= 15 is 0 Å².